The maximum Gasteiger partial charge on any atom is 0.269 e. The van der Waals surface area contributed by atoms with Gasteiger partial charge in [0.05, 0.1) is 10.6 Å². The van der Waals surface area contributed by atoms with Gasteiger partial charge in [-0.05, 0) is 36.8 Å². The van der Waals surface area contributed by atoms with Crippen molar-refractivity contribution in [1.29, 1.82) is 0 Å². The molecule has 29 heavy (non-hydrogen) atoms. The van der Waals surface area contributed by atoms with Crippen LogP contribution in [0.5, 0.6) is 0 Å². The van der Waals surface area contributed by atoms with Crippen LogP contribution in [0.3, 0.4) is 0 Å². The minimum atomic E-state index is -3.96. The molecule has 150 valence electrons. The smallest absolute Gasteiger partial charge is 0.269 e. The fourth-order valence-corrected chi connectivity index (χ4v) is 3.91. The molecule has 3 rings (SSSR count). The van der Waals surface area contributed by atoms with E-state index in [0.717, 1.165) is 0 Å². The number of nitro groups is 1. The highest BCUT2D eigenvalue weighted by Gasteiger charge is 2.39. The standard InChI is InChI=1S/C20H19N3O5S/c1-20(29(21,27)28,15-5-3-2-4-6-15)13-16-9-12-18(22-16)19(24)14-7-10-17(11-8-14)23(25)26/h2-12,22H,13H2,1H3,(H2,21,27,28). The molecular formula is C20H19N3O5S. The second-order valence-corrected chi connectivity index (χ2v) is 8.84. The van der Waals surface area contributed by atoms with Crippen LogP contribution in [0.15, 0.2) is 66.7 Å². The number of aromatic nitrogens is 1. The largest absolute Gasteiger partial charge is 0.356 e. The third-order valence-electron chi connectivity index (χ3n) is 4.87. The Labute approximate surface area is 167 Å². The summed E-state index contributed by atoms with van der Waals surface area (Å²) in [5.74, 6) is -0.358. The number of nitro benzene ring substituents is 1. The van der Waals surface area contributed by atoms with Gasteiger partial charge in [-0.2, -0.15) is 0 Å². The first-order chi connectivity index (χ1) is 13.6. The quantitative estimate of drug-likeness (QED) is 0.349. The van der Waals surface area contributed by atoms with Crippen LogP contribution in [0, 0.1) is 10.1 Å². The predicted molar refractivity (Wildman–Crippen MR) is 108 cm³/mol. The first kappa shape index (κ1) is 20.4. The number of non-ortho nitro benzene ring substituents is 1. The number of benzene rings is 2. The van der Waals surface area contributed by atoms with E-state index in [-0.39, 0.29) is 29.1 Å². The van der Waals surface area contributed by atoms with E-state index in [0.29, 0.717) is 11.3 Å². The van der Waals surface area contributed by atoms with Crippen molar-refractivity contribution in [3.05, 3.63) is 99.4 Å². The number of hydrogen-bond donors (Lipinski definition) is 2. The second kappa shape index (κ2) is 7.61. The van der Waals surface area contributed by atoms with Gasteiger partial charge in [0.2, 0.25) is 15.8 Å². The van der Waals surface area contributed by atoms with E-state index in [4.69, 9.17) is 5.14 Å². The van der Waals surface area contributed by atoms with E-state index in [9.17, 15) is 23.3 Å². The lowest BCUT2D eigenvalue weighted by Gasteiger charge is -2.27. The van der Waals surface area contributed by atoms with Crippen LogP contribution in [-0.4, -0.2) is 24.1 Å². The van der Waals surface area contributed by atoms with Crippen molar-refractivity contribution >= 4 is 21.5 Å². The van der Waals surface area contributed by atoms with E-state index < -0.39 is 19.7 Å². The van der Waals surface area contributed by atoms with E-state index in [1.807, 2.05) is 0 Å². The average molecular weight is 413 g/mol. The number of nitrogens with one attached hydrogen (secondary N) is 1. The lowest BCUT2D eigenvalue weighted by atomic mass is 9.95. The van der Waals surface area contributed by atoms with E-state index in [1.54, 1.807) is 42.5 Å². The molecule has 1 heterocycles. The number of nitrogens with two attached hydrogens (primary N) is 1. The Morgan fingerprint density at radius 1 is 1.07 bits per heavy atom. The molecule has 0 saturated carbocycles. The van der Waals surface area contributed by atoms with Gasteiger partial charge >= 0.3 is 0 Å². The number of aromatic amines is 1. The number of hydrogen-bond acceptors (Lipinski definition) is 5. The molecule has 1 unspecified atom stereocenters. The highest BCUT2D eigenvalue weighted by molar-refractivity contribution is 7.90. The molecule has 0 amide bonds. The maximum absolute atomic E-state index is 12.6. The summed E-state index contributed by atoms with van der Waals surface area (Å²) in [6.45, 7) is 1.54. The summed E-state index contributed by atoms with van der Waals surface area (Å²) in [4.78, 5) is 25.8. The molecule has 3 aromatic rings. The van der Waals surface area contributed by atoms with Crippen molar-refractivity contribution in [2.24, 2.45) is 5.14 Å². The van der Waals surface area contributed by atoms with Crippen molar-refractivity contribution < 1.29 is 18.1 Å². The molecule has 0 spiro atoms. The number of rotatable bonds is 7. The van der Waals surface area contributed by atoms with Gasteiger partial charge in [0.25, 0.3) is 5.69 Å². The van der Waals surface area contributed by atoms with Crippen LogP contribution in [0.25, 0.3) is 0 Å². The van der Waals surface area contributed by atoms with Crippen LogP contribution in [0.4, 0.5) is 5.69 Å². The summed E-state index contributed by atoms with van der Waals surface area (Å²) >= 11 is 0. The highest BCUT2D eigenvalue weighted by Crippen LogP contribution is 2.32. The normalized spacial score (nSPS) is 13.6. The zero-order valence-corrected chi connectivity index (χ0v) is 16.3. The topological polar surface area (TPSA) is 136 Å². The Bertz CT molecular complexity index is 1150. The fraction of sp³-hybridized carbons (Fsp3) is 0.150. The average Bonchev–Trinajstić information content (AvgIpc) is 3.15. The Kier molecular flexibility index (Phi) is 5.36. The third kappa shape index (κ3) is 4.10. The summed E-state index contributed by atoms with van der Waals surface area (Å²) < 4.78 is 23.3. The third-order valence-corrected chi connectivity index (χ3v) is 6.51. The van der Waals surface area contributed by atoms with Gasteiger partial charge in [-0.1, -0.05) is 30.3 Å². The molecule has 3 N–H and O–H groups in total. The molecule has 0 saturated heterocycles. The lowest BCUT2D eigenvalue weighted by Crippen LogP contribution is -2.40. The molecule has 9 heteroatoms. The molecule has 0 aliphatic heterocycles. The molecular weight excluding hydrogens is 394 g/mol. The van der Waals surface area contributed by atoms with Gasteiger partial charge in [-0.15, -0.1) is 0 Å². The molecule has 0 radical (unpaired) electrons. The Balaban J connectivity index is 1.88. The number of H-pyrrole nitrogens is 1. The van der Waals surface area contributed by atoms with Gasteiger partial charge in [0.1, 0.15) is 4.75 Å². The van der Waals surface area contributed by atoms with E-state index in [1.165, 1.54) is 31.2 Å². The summed E-state index contributed by atoms with van der Waals surface area (Å²) in [7, 11) is -3.96. The highest BCUT2D eigenvalue weighted by atomic mass is 32.2. The van der Waals surface area contributed by atoms with Gasteiger partial charge in [-0.25, -0.2) is 13.6 Å². The van der Waals surface area contributed by atoms with Gasteiger partial charge in [0.15, 0.2) is 0 Å². The molecule has 1 aromatic heterocycles. The molecule has 0 aliphatic carbocycles. The molecule has 0 bridgehead atoms. The maximum atomic E-state index is 12.6. The lowest BCUT2D eigenvalue weighted by molar-refractivity contribution is -0.384. The summed E-state index contributed by atoms with van der Waals surface area (Å²) in [5.41, 5.74) is 1.48. The first-order valence-electron chi connectivity index (χ1n) is 8.67. The minimum Gasteiger partial charge on any atom is -0.356 e. The molecule has 1 atom stereocenters. The van der Waals surface area contributed by atoms with Crippen molar-refractivity contribution in [2.75, 3.05) is 0 Å². The Morgan fingerprint density at radius 2 is 1.69 bits per heavy atom. The second-order valence-electron chi connectivity index (χ2n) is 6.85. The molecule has 2 aromatic carbocycles. The molecule has 0 fully saturated rings. The van der Waals surface area contributed by atoms with Gasteiger partial charge in [0, 0.05) is 29.8 Å². The van der Waals surface area contributed by atoms with Crippen LogP contribution >= 0.6 is 0 Å². The Hall–Kier alpha value is -3.30. The van der Waals surface area contributed by atoms with Crippen molar-refractivity contribution in [3.63, 3.8) is 0 Å². The van der Waals surface area contributed by atoms with E-state index >= 15 is 0 Å². The van der Waals surface area contributed by atoms with Gasteiger partial charge in [-0.3, -0.25) is 14.9 Å². The van der Waals surface area contributed by atoms with Crippen molar-refractivity contribution in [3.8, 4) is 0 Å². The SMILES string of the molecule is CC(Cc1ccc(C(=O)c2ccc([N+](=O)[O-])cc2)[nH]1)(c1ccccc1)S(N)(=O)=O. The minimum absolute atomic E-state index is 0.0450. The first-order valence-corrected chi connectivity index (χ1v) is 10.2. The monoisotopic (exact) mass is 413 g/mol. The number of primary sulfonamides is 1. The number of ketones is 1. The number of nitrogens with zero attached hydrogens (tertiary/aromatic N) is 1. The van der Waals surface area contributed by atoms with Gasteiger partial charge < -0.3 is 4.98 Å². The van der Waals surface area contributed by atoms with Crippen molar-refractivity contribution in [2.45, 2.75) is 18.1 Å². The van der Waals surface area contributed by atoms with Crippen LogP contribution in [-0.2, 0) is 21.2 Å². The Morgan fingerprint density at radius 3 is 2.24 bits per heavy atom. The fourth-order valence-electron chi connectivity index (χ4n) is 3.09. The number of carbonyl (C=O) groups excluding carboxylic acids is 1. The number of carbonyl (C=O) groups is 1. The number of sulfonamides is 1. The van der Waals surface area contributed by atoms with Crippen LogP contribution in [0.2, 0.25) is 0 Å². The predicted octanol–water partition coefficient (Wildman–Crippen LogP) is 2.90. The summed E-state index contributed by atoms with van der Waals surface area (Å²) in [6.07, 6.45) is 0.0450. The van der Waals surface area contributed by atoms with Crippen molar-refractivity contribution in [1.82, 2.24) is 4.98 Å². The molecule has 0 aliphatic rings. The summed E-state index contributed by atoms with van der Waals surface area (Å²) in [5, 5.41) is 16.3. The zero-order chi connectivity index (χ0) is 21.2. The zero-order valence-electron chi connectivity index (χ0n) is 15.5. The molecule has 8 nitrogen and oxygen atoms in total. The van der Waals surface area contributed by atoms with Crippen LogP contribution < -0.4 is 5.14 Å². The summed E-state index contributed by atoms with van der Waals surface area (Å²) in [6, 6.07) is 17.1. The van der Waals surface area contributed by atoms with E-state index in [2.05, 4.69) is 4.98 Å². The van der Waals surface area contributed by atoms with Crippen LogP contribution in [0.1, 0.15) is 34.2 Å².